The molecular formula is C14H18N4O2. The number of hydrogen-bond donors (Lipinski definition) is 2. The molecule has 1 heterocycles. The predicted molar refractivity (Wildman–Crippen MR) is 75.1 cm³/mol. The lowest BCUT2D eigenvalue weighted by atomic mass is 10.1. The van der Waals surface area contributed by atoms with E-state index in [9.17, 15) is 4.79 Å². The third kappa shape index (κ3) is 4.47. The van der Waals surface area contributed by atoms with Crippen molar-refractivity contribution < 1.29 is 9.90 Å². The number of aryl methyl sites for hydroxylation is 2. The third-order valence-electron chi connectivity index (χ3n) is 2.87. The smallest absolute Gasteiger partial charge is 0.226 e. The minimum Gasteiger partial charge on any atom is -0.396 e. The molecule has 0 saturated heterocycles. The topological polar surface area (TPSA) is 80.0 Å². The zero-order valence-electron chi connectivity index (χ0n) is 11.2. The highest BCUT2D eigenvalue weighted by molar-refractivity contribution is 5.90. The van der Waals surface area contributed by atoms with Gasteiger partial charge in [0.05, 0.1) is 12.7 Å². The lowest BCUT2D eigenvalue weighted by Gasteiger charge is -2.07. The number of nitrogens with one attached hydrogen (secondary N) is 1. The maximum atomic E-state index is 11.8. The van der Waals surface area contributed by atoms with Gasteiger partial charge >= 0.3 is 0 Å². The second kappa shape index (κ2) is 7.40. The van der Waals surface area contributed by atoms with Crippen molar-refractivity contribution in [2.24, 2.45) is 0 Å². The molecule has 0 atom stereocenters. The van der Waals surface area contributed by atoms with Crippen LogP contribution in [0.2, 0.25) is 0 Å². The number of aliphatic hydroxyl groups is 1. The van der Waals surface area contributed by atoms with Crippen molar-refractivity contribution in [2.45, 2.75) is 25.8 Å². The second-order valence-electron chi connectivity index (χ2n) is 4.49. The van der Waals surface area contributed by atoms with Gasteiger partial charge < -0.3 is 10.4 Å². The first-order valence-corrected chi connectivity index (χ1v) is 6.61. The molecule has 2 rings (SSSR count). The number of carbonyl (C=O) groups excluding carboxylic acids is 1. The molecule has 1 aromatic heterocycles. The molecule has 0 fully saturated rings. The largest absolute Gasteiger partial charge is 0.396 e. The molecule has 0 aliphatic carbocycles. The molecule has 1 aromatic carbocycles. The van der Waals surface area contributed by atoms with Gasteiger partial charge in [-0.15, -0.1) is 5.10 Å². The Labute approximate surface area is 117 Å². The number of rotatable bonds is 7. The predicted octanol–water partition coefficient (Wildman–Crippen LogP) is 1.23. The van der Waals surface area contributed by atoms with E-state index in [1.165, 1.54) is 0 Å². The SMILES string of the molecule is O=C(CCn1ccnn1)Nc1cccc(CCCO)c1. The van der Waals surface area contributed by atoms with Crippen LogP contribution in [-0.4, -0.2) is 32.6 Å². The fraction of sp³-hybridized carbons (Fsp3) is 0.357. The van der Waals surface area contributed by atoms with Crippen molar-refractivity contribution in [2.75, 3.05) is 11.9 Å². The van der Waals surface area contributed by atoms with Crippen LogP contribution in [0.3, 0.4) is 0 Å². The van der Waals surface area contributed by atoms with E-state index in [0.29, 0.717) is 13.0 Å². The van der Waals surface area contributed by atoms with Crippen molar-refractivity contribution in [3.8, 4) is 0 Å². The highest BCUT2D eigenvalue weighted by Gasteiger charge is 2.04. The van der Waals surface area contributed by atoms with Gasteiger partial charge in [0.15, 0.2) is 0 Å². The normalized spacial score (nSPS) is 10.4. The van der Waals surface area contributed by atoms with Crippen LogP contribution in [0.15, 0.2) is 36.7 Å². The van der Waals surface area contributed by atoms with Crippen LogP contribution in [-0.2, 0) is 17.8 Å². The number of hydrogen-bond acceptors (Lipinski definition) is 4. The fourth-order valence-corrected chi connectivity index (χ4v) is 1.88. The Bertz CT molecular complexity index is 540. The van der Waals surface area contributed by atoms with Crippen molar-refractivity contribution in [1.29, 1.82) is 0 Å². The van der Waals surface area contributed by atoms with Crippen molar-refractivity contribution >= 4 is 11.6 Å². The molecule has 6 nitrogen and oxygen atoms in total. The van der Waals surface area contributed by atoms with Crippen LogP contribution in [0.4, 0.5) is 5.69 Å². The van der Waals surface area contributed by atoms with Gasteiger partial charge in [-0.25, -0.2) is 0 Å². The molecular weight excluding hydrogens is 256 g/mol. The molecule has 2 N–H and O–H groups in total. The molecule has 0 radical (unpaired) electrons. The van der Waals surface area contributed by atoms with Crippen LogP contribution < -0.4 is 5.32 Å². The number of amides is 1. The van der Waals surface area contributed by atoms with Gasteiger partial charge in [-0.2, -0.15) is 0 Å². The zero-order valence-corrected chi connectivity index (χ0v) is 11.2. The number of aromatic nitrogens is 3. The minimum atomic E-state index is -0.0557. The van der Waals surface area contributed by atoms with E-state index in [2.05, 4.69) is 15.6 Å². The van der Waals surface area contributed by atoms with Gasteiger partial charge in [-0.05, 0) is 30.5 Å². The molecule has 1 amide bonds. The molecule has 20 heavy (non-hydrogen) atoms. The summed E-state index contributed by atoms with van der Waals surface area (Å²) < 4.78 is 1.62. The summed E-state index contributed by atoms with van der Waals surface area (Å²) in [4.78, 5) is 11.8. The first-order chi connectivity index (χ1) is 9.78. The number of carbonyl (C=O) groups is 1. The Morgan fingerprint density at radius 2 is 2.30 bits per heavy atom. The average Bonchev–Trinajstić information content (AvgIpc) is 2.97. The van der Waals surface area contributed by atoms with E-state index in [1.54, 1.807) is 17.1 Å². The second-order valence-corrected chi connectivity index (χ2v) is 4.49. The Morgan fingerprint density at radius 1 is 1.40 bits per heavy atom. The average molecular weight is 274 g/mol. The molecule has 2 aromatic rings. The van der Waals surface area contributed by atoms with Crippen molar-refractivity contribution in [3.63, 3.8) is 0 Å². The summed E-state index contributed by atoms with van der Waals surface area (Å²) in [7, 11) is 0. The molecule has 0 aliphatic rings. The lowest BCUT2D eigenvalue weighted by Crippen LogP contribution is -2.14. The van der Waals surface area contributed by atoms with E-state index in [0.717, 1.165) is 24.1 Å². The molecule has 6 heteroatoms. The van der Waals surface area contributed by atoms with Crippen molar-refractivity contribution in [1.82, 2.24) is 15.0 Å². The molecule has 0 bridgehead atoms. The van der Waals surface area contributed by atoms with Gasteiger partial charge in [-0.1, -0.05) is 17.3 Å². The zero-order chi connectivity index (χ0) is 14.2. The molecule has 0 unspecified atom stereocenters. The van der Waals surface area contributed by atoms with E-state index >= 15 is 0 Å². The summed E-state index contributed by atoms with van der Waals surface area (Å²) in [5.74, 6) is -0.0557. The van der Waals surface area contributed by atoms with Gasteiger partial charge in [-0.3, -0.25) is 9.48 Å². The number of nitrogens with zero attached hydrogens (tertiary/aromatic N) is 3. The number of anilines is 1. The Kier molecular flexibility index (Phi) is 5.25. The van der Waals surface area contributed by atoms with Crippen molar-refractivity contribution in [3.05, 3.63) is 42.2 Å². The highest BCUT2D eigenvalue weighted by atomic mass is 16.2. The Morgan fingerprint density at radius 3 is 3.05 bits per heavy atom. The van der Waals surface area contributed by atoms with Crippen LogP contribution in [0.5, 0.6) is 0 Å². The Hall–Kier alpha value is -2.21. The summed E-state index contributed by atoms with van der Waals surface area (Å²) in [5, 5.41) is 19.2. The van der Waals surface area contributed by atoms with E-state index in [1.807, 2.05) is 24.3 Å². The quantitative estimate of drug-likeness (QED) is 0.796. The third-order valence-corrected chi connectivity index (χ3v) is 2.87. The first kappa shape index (κ1) is 14.2. The first-order valence-electron chi connectivity index (χ1n) is 6.61. The number of aliphatic hydroxyl groups excluding tert-OH is 1. The summed E-state index contributed by atoms with van der Waals surface area (Å²) in [5.41, 5.74) is 1.89. The van der Waals surface area contributed by atoms with E-state index < -0.39 is 0 Å². The van der Waals surface area contributed by atoms with Gasteiger partial charge in [0.2, 0.25) is 5.91 Å². The van der Waals surface area contributed by atoms with Crippen LogP contribution >= 0.6 is 0 Å². The van der Waals surface area contributed by atoms with Gasteiger partial charge in [0.1, 0.15) is 0 Å². The van der Waals surface area contributed by atoms with Gasteiger partial charge in [0.25, 0.3) is 0 Å². The summed E-state index contributed by atoms with van der Waals surface area (Å²) in [6.07, 6.45) is 5.19. The lowest BCUT2D eigenvalue weighted by molar-refractivity contribution is -0.116. The van der Waals surface area contributed by atoms with Crippen LogP contribution in [0.25, 0.3) is 0 Å². The van der Waals surface area contributed by atoms with E-state index in [4.69, 9.17) is 5.11 Å². The monoisotopic (exact) mass is 274 g/mol. The standard InChI is InChI=1S/C14H18N4O2/c19-10-2-4-12-3-1-5-13(11-12)16-14(20)6-8-18-9-7-15-17-18/h1,3,5,7,9,11,19H,2,4,6,8,10H2,(H,16,20). The van der Waals surface area contributed by atoms with Gasteiger partial charge in [0, 0.05) is 24.9 Å². The van der Waals surface area contributed by atoms with E-state index in [-0.39, 0.29) is 12.5 Å². The molecule has 0 aliphatic heterocycles. The molecule has 0 spiro atoms. The maximum absolute atomic E-state index is 11.8. The highest BCUT2D eigenvalue weighted by Crippen LogP contribution is 2.12. The number of benzene rings is 1. The minimum absolute atomic E-state index is 0.0557. The molecule has 106 valence electrons. The summed E-state index contributed by atoms with van der Waals surface area (Å²) in [6, 6.07) is 7.68. The Balaban J connectivity index is 1.84. The van der Waals surface area contributed by atoms with Crippen LogP contribution in [0.1, 0.15) is 18.4 Å². The van der Waals surface area contributed by atoms with Crippen LogP contribution in [0, 0.1) is 0 Å². The summed E-state index contributed by atoms with van der Waals surface area (Å²) >= 11 is 0. The maximum Gasteiger partial charge on any atom is 0.226 e. The molecule has 0 saturated carbocycles. The summed E-state index contributed by atoms with van der Waals surface area (Å²) in [6.45, 7) is 0.685. The fourth-order valence-electron chi connectivity index (χ4n) is 1.88.